The molecule has 0 saturated carbocycles. The molecule has 0 spiro atoms. The Morgan fingerprint density at radius 1 is 0.857 bits per heavy atom. The van der Waals surface area contributed by atoms with Crippen LogP contribution in [0.25, 0.3) is 10.8 Å². The molecule has 4 aromatic carbocycles. The van der Waals surface area contributed by atoms with Crippen molar-refractivity contribution in [1.82, 2.24) is 0 Å². The second-order valence-corrected chi connectivity index (χ2v) is 8.24. The van der Waals surface area contributed by atoms with E-state index in [0.717, 1.165) is 10.8 Å². The zero-order chi connectivity index (χ0) is 24.9. The Bertz CT molecular complexity index is 1420. The molecule has 35 heavy (non-hydrogen) atoms. The molecule has 4 aromatic rings. The summed E-state index contributed by atoms with van der Waals surface area (Å²) in [5.74, 6) is 0.514. The second-order valence-electron chi connectivity index (χ2n) is 7.84. The molecule has 0 bridgehead atoms. The number of carbonyl (C=O) groups is 2. The molecule has 4 rings (SSSR count). The highest BCUT2D eigenvalue weighted by Crippen LogP contribution is 2.38. The van der Waals surface area contributed by atoms with Gasteiger partial charge in [-0.2, -0.15) is 0 Å². The molecule has 5 nitrogen and oxygen atoms in total. The number of ether oxygens (including phenoxy) is 3. The number of rotatable bonds is 9. The molecule has 0 aliphatic heterocycles. The van der Waals surface area contributed by atoms with E-state index in [1.807, 2.05) is 18.2 Å². The number of carbonyl (C=O) groups excluding carboxylic acids is 2. The van der Waals surface area contributed by atoms with Crippen molar-refractivity contribution in [3.05, 3.63) is 94.8 Å². The van der Waals surface area contributed by atoms with E-state index in [4.69, 9.17) is 25.8 Å². The first kappa shape index (κ1) is 24.2. The number of ketones is 2. The Kier molecular flexibility index (Phi) is 7.32. The van der Waals surface area contributed by atoms with E-state index < -0.39 is 17.4 Å². The third-order valence-corrected chi connectivity index (χ3v) is 5.85. The van der Waals surface area contributed by atoms with Crippen LogP contribution in [0.3, 0.4) is 0 Å². The maximum Gasteiger partial charge on any atom is 0.171 e. The number of benzene rings is 4. The lowest BCUT2D eigenvalue weighted by Gasteiger charge is -2.13. The Morgan fingerprint density at radius 2 is 1.60 bits per heavy atom. The average Bonchev–Trinajstić information content (AvgIpc) is 2.85. The summed E-state index contributed by atoms with van der Waals surface area (Å²) in [5.41, 5.74) is 0.453. The van der Waals surface area contributed by atoms with Crippen molar-refractivity contribution in [3.63, 3.8) is 0 Å². The van der Waals surface area contributed by atoms with E-state index in [-0.39, 0.29) is 34.7 Å². The molecule has 0 saturated heterocycles. The zero-order valence-electron chi connectivity index (χ0n) is 19.1. The first-order valence-corrected chi connectivity index (χ1v) is 11.2. The van der Waals surface area contributed by atoms with Crippen molar-refractivity contribution in [2.75, 3.05) is 14.2 Å². The van der Waals surface area contributed by atoms with Gasteiger partial charge in [-0.05, 0) is 47.3 Å². The normalized spacial score (nSPS) is 10.7. The van der Waals surface area contributed by atoms with Gasteiger partial charge in [-0.25, -0.2) is 4.39 Å². The predicted octanol–water partition coefficient (Wildman–Crippen LogP) is 6.83. The van der Waals surface area contributed by atoms with Crippen LogP contribution in [0.4, 0.5) is 4.39 Å². The fourth-order valence-corrected chi connectivity index (χ4v) is 4.00. The number of Topliss-reactive ketones (excluding diaryl/α,β-unsaturated/α-hetero) is 2. The van der Waals surface area contributed by atoms with Crippen LogP contribution in [0.5, 0.6) is 23.0 Å². The van der Waals surface area contributed by atoms with Crippen LogP contribution in [0, 0.1) is 5.82 Å². The van der Waals surface area contributed by atoms with Gasteiger partial charge < -0.3 is 14.2 Å². The number of hydrogen-bond donors (Lipinski definition) is 0. The maximum atomic E-state index is 14.8. The minimum absolute atomic E-state index is 0.179. The number of fused-ring (bicyclic) bond motifs is 1. The van der Waals surface area contributed by atoms with E-state index in [1.165, 1.54) is 12.1 Å². The minimum atomic E-state index is -0.597. The fourth-order valence-electron chi connectivity index (χ4n) is 3.76. The topological polar surface area (TPSA) is 61.8 Å². The third-order valence-electron chi connectivity index (χ3n) is 5.52. The van der Waals surface area contributed by atoms with Crippen molar-refractivity contribution in [2.45, 2.75) is 12.8 Å². The third kappa shape index (κ3) is 5.44. The highest BCUT2D eigenvalue weighted by atomic mass is 35.5. The summed E-state index contributed by atoms with van der Waals surface area (Å²) in [5, 5.41) is 1.91. The summed E-state index contributed by atoms with van der Waals surface area (Å²) < 4.78 is 31.5. The van der Waals surface area contributed by atoms with Gasteiger partial charge in [0.2, 0.25) is 0 Å². The first-order chi connectivity index (χ1) is 16.9. The molecule has 0 fully saturated rings. The lowest BCUT2D eigenvalue weighted by Crippen LogP contribution is -2.12. The van der Waals surface area contributed by atoms with E-state index in [2.05, 4.69) is 0 Å². The van der Waals surface area contributed by atoms with Crippen LogP contribution in [0.1, 0.15) is 22.3 Å². The Morgan fingerprint density at radius 3 is 2.31 bits per heavy atom. The molecular weight excluding hydrogens is 471 g/mol. The Hall–Kier alpha value is -3.90. The van der Waals surface area contributed by atoms with Gasteiger partial charge in [0.1, 0.15) is 23.1 Å². The van der Waals surface area contributed by atoms with Gasteiger partial charge in [-0.15, -0.1) is 0 Å². The quantitative estimate of drug-likeness (QED) is 0.189. The Labute approximate surface area is 207 Å². The van der Waals surface area contributed by atoms with E-state index in [9.17, 15) is 14.0 Å². The van der Waals surface area contributed by atoms with Crippen LogP contribution in [-0.2, 0) is 11.2 Å². The van der Waals surface area contributed by atoms with Gasteiger partial charge in [0.25, 0.3) is 0 Å². The molecule has 0 aromatic heterocycles. The molecule has 7 heteroatoms. The number of hydrogen-bond acceptors (Lipinski definition) is 5. The molecule has 0 aliphatic carbocycles. The molecule has 0 unspecified atom stereocenters. The predicted molar refractivity (Wildman–Crippen MR) is 133 cm³/mol. The van der Waals surface area contributed by atoms with Gasteiger partial charge in [0, 0.05) is 23.4 Å². The van der Waals surface area contributed by atoms with E-state index >= 15 is 0 Å². The molecule has 0 radical (unpaired) electrons. The summed E-state index contributed by atoms with van der Waals surface area (Å²) in [6.07, 6.45) is -0.573. The highest BCUT2D eigenvalue weighted by Gasteiger charge is 2.17. The Balaban J connectivity index is 1.50. The number of methoxy groups -OCH3 is 2. The average molecular weight is 493 g/mol. The molecule has 0 N–H and O–H groups in total. The SMILES string of the molecule is COc1cc2cccc(Oc3ccc(CC(=O)CC(=O)c4ccccc4Cl)c(F)c3)c2cc1OC. The smallest absolute Gasteiger partial charge is 0.171 e. The van der Waals surface area contributed by atoms with Crippen LogP contribution in [0.2, 0.25) is 5.02 Å². The maximum absolute atomic E-state index is 14.8. The van der Waals surface area contributed by atoms with Gasteiger partial charge in [-0.3, -0.25) is 9.59 Å². The van der Waals surface area contributed by atoms with Crippen LogP contribution in [-0.4, -0.2) is 25.8 Å². The highest BCUT2D eigenvalue weighted by molar-refractivity contribution is 6.34. The summed E-state index contributed by atoms with van der Waals surface area (Å²) in [4.78, 5) is 24.8. The lowest BCUT2D eigenvalue weighted by molar-refractivity contribution is -0.117. The first-order valence-electron chi connectivity index (χ1n) is 10.8. The molecule has 0 aliphatic rings. The summed E-state index contributed by atoms with van der Waals surface area (Å²) in [7, 11) is 3.11. The zero-order valence-corrected chi connectivity index (χ0v) is 19.9. The monoisotopic (exact) mass is 492 g/mol. The van der Waals surface area contributed by atoms with E-state index in [0.29, 0.717) is 17.2 Å². The molecular formula is C28H22ClFO5. The van der Waals surface area contributed by atoms with Crippen molar-refractivity contribution >= 4 is 33.9 Å². The van der Waals surface area contributed by atoms with Crippen LogP contribution in [0.15, 0.2) is 72.8 Å². The number of halogens is 2. The van der Waals surface area contributed by atoms with Crippen molar-refractivity contribution in [2.24, 2.45) is 0 Å². The largest absolute Gasteiger partial charge is 0.493 e. The lowest BCUT2D eigenvalue weighted by atomic mass is 10.0. The minimum Gasteiger partial charge on any atom is -0.493 e. The summed E-state index contributed by atoms with van der Waals surface area (Å²) in [6.45, 7) is 0. The van der Waals surface area contributed by atoms with Gasteiger partial charge in [0.05, 0.1) is 25.7 Å². The van der Waals surface area contributed by atoms with E-state index in [1.54, 1.807) is 56.7 Å². The standard InChI is InChI=1S/C28H22ClFO5/c1-33-27-13-17-6-5-9-26(22(17)16-28(27)34-2)35-20-11-10-18(24(30)15-20)12-19(31)14-25(32)21-7-3-4-8-23(21)29/h3-11,13,15-16H,12,14H2,1-2H3. The summed E-state index contributed by atoms with van der Waals surface area (Å²) in [6, 6.07) is 19.9. The van der Waals surface area contributed by atoms with Gasteiger partial charge >= 0.3 is 0 Å². The van der Waals surface area contributed by atoms with Crippen molar-refractivity contribution in [3.8, 4) is 23.0 Å². The van der Waals surface area contributed by atoms with Crippen molar-refractivity contribution < 1.29 is 28.2 Å². The van der Waals surface area contributed by atoms with Gasteiger partial charge in [-0.1, -0.05) is 41.9 Å². The summed E-state index contributed by atoms with van der Waals surface area (Å²) >= 11 is 6.02. The molecule has 0 heterocycles. The van der Waals surface area contributed by atoms with Crippen LogP contribution >= 0.6 is 11.6 Å². The molecule has 178 valence electrons. The second kappa shape index (κ2) is 10.6. The van der Waals surface area contributed by atoms with Crippen molar-refractivity contribution in [1.29, 1.82) is 0 Å². The van der Waals surface area contributed by atoms with Crippen LogP contribution < -0.4 is 14.2 Å². The fraction of sp³-hybridized carbons (Fsp3) is 0.143. The van der Waals surface area contributed by atoms with Gasteiger partial charge in [0.15, 0.2) is 17.3 Å². The molecule has 0 atom stereocenters. The molecule has 0 amide bonds.